The summed E-state index contributed by atoms with van der Waals surface area (Å²) in [6, 6.07) is 28.7. The van der Waals surface area contributed by atoms with Crippen LogP contribution < -0.4 is 19.5 Å². The lowest BCUT2D eigenvalue weighted by molar-refractivity contribution is -0.125. The van der Waals surface area contributed by atoms with E-state index in [1.165, 1.54) is 7.11 Å². The van der Waals surface area contributed by atoms with Crippen LogP contribution in [0.25, 0.3) is 22.2 Å². The molecule has 0 saturated carbocycles. The van der Waals surface area contributed by atoms with Crippen molar-refractivity contribution in [2.45, 2.75) is 13.0 Å². The van der Waals surface area contributed by atoms with Crippen LogP contribution in [0.2, 0.25) is 0 Å². The number of fused-ring (bicyclic) bond motifs is 1. The maximum absolute atomic E-state index is 13.9. The second kappa shape index (κ2) is 12.4. The molecule has 1 heterocycles. The number of aromatic nitrogens is 1. The van der Waals surface area contributed by atoms with Gasteiger partial charge in [0.15, 0.2) is 11.5 Å². The van der Waals surface area contributed by atoms with E-state index in [1.807, 2.05) is 43.3 Å². The number of carbonyl (C=O) groups excluding carboxylic acids is 2. The smallest absolute Gasteiger partial charge is 0.340 e. The minimum atomic E-state index is -1.24. The molecule has 212 valence electrons. The van der Waals surface area contributed by atoms with Gasteiger partial charge in [0.2, 0.25) is 6.10 Å². The van der Waals surface area contributed by atoms with Crippen molar-refractivity contribution in [3.63, 3.8) is 0 Å². The molecular weight excluding hydrogens is 532 g/mol. The Morgan fingerprint density at radius 1 is 0.738 bits per heavy atom. The fourth-order valence-corrected chi connectivity index (χ4v) is 4.68. The van der Waals surface area contributed by atoms with Crippen molar-refractivity contribution in [1.82, 2.24) is 4.98 Å². The van der Waals surface area contributed by atoms with Crippen LogP contribution in [0, 0.1) is 6.92 Å². The summed E-state index contributed by atoms with van der Waals surface area (Å²) in [5.74, 6) is 0.407. The van der Waals surface area contributed by atoms with Crippen molar-refractivity contribution >= 4 is 28.5 Å². The Hall–Kier alpha value is -5.37. The number of hydrogen-bond acceptors (Lipinski definition) is 7. The van der Waals surface area contributed by atoms with Gasteiger partial charge in [-0.15, -0.1) is 0 Å². The minimum absolute atomic E-state index is 0.271. The molecular formula is C34H30N2O6. The van der Waals surface area contributed by atoms with E-state index in [4.69, 9.17) is 23.9 Å². The summed E-state index contributed by atoms with van der Waals surface area (Å²) >= 11 is 0. The molecule has 0 radical (unpaired) electrons. The number of methoxy groups -OCH3 is 3. The monoisotopic (exact) mass is 562 g/mol. The number of anilines is 1. The predicted octanol–water partition coefficient (Wildman–Crippen LogP) is 6.77. The normalized spacial score (nSPS) is 11.4. The molecule has 1 aromatic heterocycles. The van der Waals surface area contributed by atoms with E-state index in [9.17, 15) is 9.59 Å². The quantitative estimate of drug-likeness (QED) is 0.198. The number of rotatable bonds is 9. The average Bonchev–Trinajstić information content (AvgIpc) is 3.03. The fourth-order valence-electron chi connectivity index (χ4n) is 4.68. The minimum Gasteiger partial charge on any atom is -0.495 e. The van der Waals surface area contributed by atoms with E-state index in [1.54, 1.807) is 74.9 Å². The summed E-state index contributed by atoms with van der Waals surface area (Å²) in [5, 5.41) is 3.47. The Bertz CT molecular complexity index is 1750. The Morgan fingerprint density at radius 2 is 1.43 bits per heavy atom. The van der Waals surface area contributed by atoms with E-state index in [0.717, 1.165) is 11.1 Å². The molecule has 0 aliphatic rings. The van der Waals surface area contributed by atoms with Gasteiger partial charge >= 0.3 is 5.97 Å². The Kier molecular flexibility index (Phi) is 8.34. The van der Waals surface area contributed by atoms with Gasteiger partial charge in [0.25, 0.3) is 5.91 Å². The molecule has 0 fully saturated rings. The van der Waals surface area contributed by atoms with Crippen LogP contribution in [-0.4, -0.2) is 38.2 Å². The SMILES string of the molecule is COc1ccc(C)cc1NC(=O)C(OC(=O)c1cc(-c2ccc(OC)c(OC)c2)nc2ccccc12)c1ccccc1. The Balaban J connectivity index is 1.54. The number of aryl methyl sites for hydroxylation is 1. The molecule has 8 nitrogen and oxygen atoms in total. The molecule has 0 bridgehead atoms. The van der Waals surface area contributed by atoms with Gasteiger partial charge in [-0.2, -0.15) is 0 Å². The van der Waals surface area contributed by atoms with Crippen molar-refractivity contribution in [3.8, 4) is 28.5 Å². The first kappa shape index (κ1) is 28.2. The van der Waals surface area contributed by atoms with Gasteiger partial charge in [-0.3, -0.25) is 4.79 Å². The Morgan fingerprint density at radius 3 is 2.17 bits per heavy atom. The summed E-state index contributed by atoms with van der Waals surface area (Å²) < 4.78 is 22.2. The third kappa shape index (κ3) is 5.88. The van der Waals surface area contributed by atoms with Gasteiger partial charge in [-0.25, -0.2) is 9.78 Å². The maximum Gasteiger partial charge on any atom is 0.340 e. The second-order valence-corrected chi connectivity index (χ2v) is 9.53. The van der Waals surface area contributed by atoms with Gasteiger partial charge in [-0.1, -0.05) is 54.6 Å². The second-order valence-electron chi connectivity index (χ2n) is 9.53. The first-order valence-electron chi connectivity index (χ1n) is 13.3. The largest absolute Gasteiger partial charge is 0.495 e. The van der Waals surface area contributed by atoms with E-state index >= 15 is 0 Å². The summed E-state index contributed by atoms with van der Waals surface area (Å²) in [5.41, 5.74) is 4.06. The number of benzene rings is 4. The highest BCUT2D eigenvalue weighted by molar-refractivity contribution is 6.06. The molecule has 5 rings (SSSR count). The summed E-state index contributed by atoms with van der Waals surface area (Å²) in [6.45, 7) is 1.91. The lowest BCUT2D eigenvalue weighted by Gasteiger charge is -2.20. The highest BCUT2D eigenvalue weighted by Gasteiger charge is 2.28. The first-order valence-corrected chi connectivity index (χ1v) is 13.3. The fraction of sp³-hybridized carbons (Fsp3) is 0.147. The number of nitrogens with one attached hydrogen (secondary N) is 1. The number of amides is 1. The van der Waals surface area contributed by atoms with Crippen molar-refractivity contribution in [1.29, 1.82) is 0 Å². The average molecular weight is 563 g/mol. The molecule has 1 unspecified atom stereocenters. The zero-order chi connectivity index (χ0) is 29.6. The third-order valence-electron chi connectivity index (χ3n) is 6.79. The summed E-state index contributed by atoms with van der Waals surface area (Å²) in [6.07, 6.45) is -1.24. The molecule has 42 heavy (non-hydrogen) atoms. The molecule has 4 aromatic carbocycles. The van der Waals surface area contributed by atoms with Crippen LogP contribution in [0.15, 0.2) is 97.1 Å². The van der Waals surface area contributed by atoms with Crippen LogP contribution >= 0.6 is 0 Å². The number of para-hydroxylation sites is 1. The van der Waals surface area contributed by atoms with Crippen molar-refractivity contribution in [2.75, 3.05) is 26.6 Å². The molecule has 5 aromatic rings. The van der Waals surface area contributed by atoms with Crippen molar-refractivity contribution in [3.05, 3.63) is 114 Å². The third-order valence-corrected chi connectivity index (χ3v) is 6.79. The Labute approximate surface area is 243 Å². The number of carbonyl (C=O) groups is 2. The van der Waals surface area contributed by atoms with Crippen LogP contribution in [0.4, 0.5) is 5.69 Å². The van der Waals surface area contributed by atoms with E-state index in [-0.39, 0.29) is 5.56 Å². The van der Waals surface area contributed by atoms with Gasteiger partial charge in [0, 0.05) is 16.5 Å². The lowest BCUT2D eigenvalue weighted by Crippen LogP contribution is -2.26. The van der Waals surface area contributed by atoms with Gasteiger partial charge in [-0.05, 0) is 55.0 Å². The number of pyridine rings is 1. The van der Waals surface area contributed by atoms with E-state index < -0.39 is 18.0 Å². The molecule has 1 N–H and O–H groups in total. The molecule has 0 saturated heterocycles. The van der Waals surface area contributed by atoms with Crippen LogP contribution in [0.5, 0.6) is 17.2 Å². The van der Waals surface area contributed by atoms with Crippen LogP contribution in [0.3, 0.4) is 0 Å². The van der Waals surface area contributed by atoms with Gasteiger partial charge < -0.3 is 24.3 Å². The number of hydrogen-bond donors (Lipinski definition) is 1. The summed E-state index contributed by atoms with van der Waals surface area (Å²) in [7, 11) is 4.65. The zero-order valence-electron chi connectivity index (χ0n) is 23.7. The molecule has 0 aliphatic heterocycles. The van der Waals surface area contributed by atoms with Gasteiger partial charge in [0.1, 0.15) is 5.75 Å². The summed E-state index contributed by atoms with van der Waals surface area (Å²) in [4.78, 5) is 32.3. The zero-order valence-corrected chi connectivity index (χ0v) is 23.7. The van der Waals surface area contributed by atoms with Crippen LogP contribution in [-0.2, 0) is 9.53 Å². The standard InChI is InChI=1S/C34H30N2O6/c1-21-14-16-29(39-2)28(18-21)36-33(37)32(22-10-6-5-7-11-22)42-34(38)25-20-27(35-26-13-9-8-12-24(25)26)23-15-17-30(40-3)31(19-23)41-4/h5-20,32H,1-4H3,(H,36,37). The van der Waals surface area contributed by atoms with Crippen molar-refractivity contribution in [2.24, 2.45) is 0 Å². The molecule has 0 aliphatic carbocycles. The van der Waals surface area contributed by atoms with E-state index in [0.29, 0.717) is 45.1 Å². The molecule has 8 heteroatoms. The molecule has 1 atom stereocenters. The maximum atomic E-state index is 13.9. The predicted molar refractivity (Wildman–Crippen MR) is 161 cm³/mol. The van der Waals surface area contributed by atoms with Crippen molar-refractivity contribution < 1.29 is 28.5 Å². The highest BCUT2D eigenvalue weighted by atomic mass is 16.5. The molecule has 0 spiro atoms. The first-order chi connectivity index (χ1) is 20.4. The number of ether oxygens (including phenoxy) is 4. The van der Waals surface area contributed by atoms with Crippen LogP contribution in [0.1, 0.15) is 27.6 Å². The highest BCUT2D eigenvalue weighted by Crippen LogP contribution is 2.34. The topological polar surface area (TPSA) is 96.0 Å². The molecule has 1 amide bonds. The lowest BCUT2D eigenvalue weighted by atomic mass is 10.0. The number of esters is 1. The number of nitrogens with zero attached hydrogens (tertiary/aromatic N) is 1. The van der Waals surface area contributed by atoms with E-state index in [2.05, 4.69) is 5.32 Å². The van der Waals surface area contributed by atoms with Gasteiger partial charge in [0.05, 0.1) is 43.8 Å².